The van der Waals surface area contributed by atoms with Gasteiger partial charge in [-0.2, -0.15) is 13.2 Å². The molecule has 1 aromatic carbocycles. The predicted molar refractivity (Wildman–Crippen MR) is 77.8 cm³/mol. The second kappa shape index (κ2) is 5.55. The summed E-state index contributed by atoms with van der Waals surface area (Å²) in [6.45, 7) is 0. The average molecular weight is 358 g/mol. The van der Waals surface area contributed by atoms with Gasteiger partial charge >= 0.3 is 6.18 Å². The van der Waals surface area contributed by atoms with Crippen LogP contribution in [0, 0.1) is 0 Å². The standard InChI is InChI=1S/C11H4Cl2F3NOS2/c12-6-1-4(11(14,15)16)2-7(13)5(6)3-8-9(18)17-10(19)20-8/h1-3H,(H,17,18,19). The van der Waals surface area contributed by atoms with Gasteiger partial charge < -0.3 is 5.32 Å². The van der Waals surface area contributed by atoms with Crippen LogP contribution in [0.25, 0.3) is 6.08 Å². The molecule has 20 heavy (non-hydrogen) atoms. The molecule has 0 bridgehead atoms. The molecular weight excluding hydrogens is 354 g/mol. The Labute approximate surface area is 131 Å². The van der Waals surface area contributed by atoms with E-state index >= 15 is 0 Å². The van der Waals surface area contributed by atoms with E-state index < -0.39 is 17.6 Å². The van der Waals surface area contributed by atoms with Gasteiger partial charge in [-0.05, 0) is 18.2 Å². The number of hydrogen-bond donors (Lipinski definition) is 1. The Bertz CT molecular complexity index is 620. The van der Waals surface area contributed by atoms with E-state index in [1.54, 1.807) is 0 Å². The van der Waals surface area contributed by atoms with Gasteiger partial charge in [-0.1, -0.05) is 47.2 Å². The maximum Gasteiger partial charge on any atom is 0.416 e. The third kappa shape index (κ3) is 3.28. The summed E-state index contributed by atoms with van der Waals surface area (Å²) in [5.41, 5.74) is -0.808. The summed E-state index contributed by atoms with van der Waals surface area (Å²) in [6.07, 6.45) is -3.23. The van der Waals surface area contributed by atoms with Crippen molar-refractivity contribution >= 4 is 63.5 Å². The highest BCUT2D eigenvalue weighted by molar-refractivity contribution is 8.26. The Morgan fingerprint density at radius 2 is 1.80 bits per heavy atom. The molecule has 0 unspecified atom stereocenters. The summed E-state index contributed by atoms with van der Waals surface area (Å²) < 4.78 is 38.0. The van der Waals surface area contributed by atoms with Gasteiger partial charge in [0.1, 0.15) is 4.32 Å². The number of alkyl halides is 3. The molecule has 1 aliphatic heterocycles. The molecule has 9 heteroatoms. The SMILES string of the molecule is O=C1NC(=S)SC1=Cc1c(Cl)cc(C(F)(F)F)cc1Cl. The van der Waals surface area contributed by atoms with Crippen molar-refractivity contribution in [3.05, 3.63) is 38.2 Å². The minimum absolute atomic E-state index is 0.142. The van der Waals surface area contributed by atoms with E-state index in [4.69, 9.17) is 35.4 Å². The van der Waals surface area contributed by atoms with Crippen LogP contribution in [0.5, 0.6) is 0 Å². The molecule has 106 valence electrons. The summed E-state index contributed by atoms with van der Waals surface area (Å²) in [6, 6.07) is 1.52. The lowest BCUT2D eigenvalue weighted by atomic mass is 10.1. The lowest BCUT2D eigenvalue weighted by Gasteiger charge is -2.10. The molecule has 0 aromatic heterocycles. The number of thioether (sulfide) groups is 1. The van der Waals surface area contributed by atoms with Crippen molar-refractivity contribution in [3.8, 4) is 0 Å². The monoisotopic (exact) mass is 357 g/mol. The number of nitrogens with one attached hydrogen (secondary N) is 1. The molecule has 2 rings (SSSR count). The summed E-state index contributed by atoms with van der Waals surface area (Å²) in [5, 5.41) is 2.00. The summed E-state index contributed by atoms with van der Waals surface area (Å²) in [7, 11) is 0. The first-order valence-corrected chi connectivity index (χ1v) is 6.97. The molecule has 1 saturated heterocycles. The zero-order valence-electron chi connectivity index (χ0n) is 9.35. The van der Waals surface area contributed by atoms with Gasteiger partial charge in [-0.3, -0.25) is 4.79 Å². The zero-order valence-corrected chi connectivity index (χ0v) is 12.5. The second-order valence-electron chi connectivity index (χ2n) is 3.70. The molecule has 0 aliphatic carbocycles. The fourth-order valence-corrected chi connectivity index (χ4v) is 3.06. The largest absolute Gasteiger partial charge is 0.416 e. The van der Waals surface area contributed by atoms with Gasteiger partial charge in [0.25, 0.3) is 5.91 Å². The van der Waals surface area contributed by atoms with Gasteiger partial charge in [0.15, 0.2) is 0 Å². The molecule has 1 heterocycles. The van der Waals surface area contributed by atoms with Gasteiger partial charge in [0.05, 0.1) is 10.5 Å². The fourth-order valence-electron chi connectivity index (χ4n) is 1.44. The van der Waals surface area contributed by atoms with E-state index in [0.29, 0.717) is 0 Å². The molecule has 2 nitrogen and oxygen atoms in total. The number of amides is 1. The molecule has 1 fully saturated rings. The van der Waals surface area contributed by atoms with Crippen molar-refractivity contribution in [2.45, 2.75) is 6.18 Å². The molecule has 1 N–H and O–H groups in total. The van der Waals surface area contributed by atoms with Gasteiger partial charge in [0, 0.05) is 15.6 Å². The van der Waals surface area contributed by atoms with Crippen LogP contribution in [-0.2, 0) is 11.0 Å². The minimum atomic E-state index is -4.54. The van der Waals surface area contributed by atoms with Crippen LogP contribution in [0.2, 0.25) is 10.0 Å². The maximum absolute atomic E-state index is 12.6. The van der Waals surface area contributed by atoms with Gasteiger partial charge in [0.2, 0.25) is 0 Å². The van der Waals surface area contributed by atoms with Crippen LogP contribution in [0.15, 0.2) is 17.0 Å². The highest BCUT2D eigenvalue weighted by Crippen LogP contribution is 2.38. The highest BCUT2D eigenvalue weighted by Gasteiger charge is 2.32. The van der Waals surface area contributed by atoms with Crippen molar-refractivity contribution in [2.24, 2.45) is 0 Å². The van der Waals surface area contributed by atoms with E-state index in [1.165, 1.54) is 6.08 Å². The van der Waals surface area contributed by atoms with E-state index in [0.717, 1.165) is 23.9 Å². The van der Waals surface area contributed by atoms with Crippen molar-refractivity contribution in [1.82, 2.24) is 5.32 Å². The zero-order chi connectivity index (χ0) is 15.1. The smallest absolute Gasteiger partial charge is 0.307 e. The van der Waals surface area contributed by atoms with Crippen molar-refractivity contribution in [1.29, 1.82) is 0 Å². The van der Waals surface area contributed by atoms with Crippen molar-refractivity contribution in [2.75, 3.05) is 0 Å². The Morgan fingerprint density at radius 1 is 1.25 bits per heavy atom. The maximum atomic E-state index is 12.6. The van der Waals surface area contributed by atoms with Crippen LogP contribution < -0.4 is 5.32 Å². The number of carbonyl (C=O) groups excluding carboxylic acids is 1. The van der Waals surface area contributed by atoms with Crippen molar-refractivity contribution < 1.29 is 18.0 Å². The van der Waals surface area contributed by atoms with E-state index in [2.05, 4.69) is 5.32 Å². The number of halogens is 5. The van der Waals surface area contributed by atoms with Crippen LogP contribution in [0.4, 0.5) is 13.2 Å². The first-order chi connectivity index (χ1) is 9.18. The average Bonchev–Trinajstić information content (AvgIpc) is 2.61. The third-order valence-electron chi connectivity index (χ3n) is 2.32. The Balaban J connectivity index is 2.47. The van der Waals surface area contributed by atoms with Crippen LogP contribution >= 0.6 is 47.2 Å². The van der Waals surface area contributed by atoms with Crippen molar-refractivity contribution in [3.63, 3.8) is 0 Å². The number of thiocarbonyl (C=S) groups is 1. The normalized spacial score (nSPS) is 17.8. The number of carbonyl (C=O) groups is 1. The van der Waals surface area contributed by atoms with Crippen LogP contribution in [-0.4, -0.2) is 10.2 Å². The Hall–Kier alpha value is -0.760. The predicted octanol–water partition coefficient (Wildman–Crippen LogP) is 4.50. The quantitative estimate of drug-likeness (QED) is 0.592. The first-order valence-electron chi connectivity index (χ1n) is 4.99. The number of rotatable bonds is 1. The molecule has 0 spiro atoms. The van der Waals surface area contributed by atoms with Gasteiger partial charge in [-0.25, -0.2) is 0 Å². The lowest BCUT2D eigenvalue weighted by Crippen LogP contribution is -2.17. The van der Waals surface area contributed by atoms with Crippen LogP contribution in [0.1, 0.15) is 11.1 Å². The molecule has 0 atom stereocenters. The first kappa shape index (κ1) is 15.6. The molecule has 0 radical (unpaired) electrons. The molecule has 1 aliphatic rings. The third-order valence-corrected chi connectivity index (χ3v) is 4.11. The molecule has 1 aromatic rings. The molecule has 1 amide bonds. The summed E-state index contributed by atoms with van der Waals surface area (Å²) in [4.78, 5) is 11.7. The topological polar surface area (TPSA) is 29.1 Å². The lowest BCUT2D eigenvalue weighted by molar-refractivity contribution is -0.137. The van der Waals surface area contributed by atoms with Gasteiger partial charge in [-0.15, -0.1) is 0 Å². The minimum Gasteiger partial charge on any atom is -0.307 e. The number of hydrogen-bond acceptors (Lipinski definition) is 3. The number of benzene rings is 1. The Kier molecular flexibility index (Phi) is 4.34. The fraction of sp³-hybridized carbons (Fsp3) is 0.0909. The highest BCUT2D eigenvalue weighted by atomic mass is 35.5. The summed E-state index contributed by atoms with van der Waals surface area (Å²) >= 11 is 17.4. The van der Waals surface area contributed by atoms with E-state index in [-0.39, 0.29) is 24.8 Å². The van der Waals surface area contributed by atoms with E-state index in [1.807, 2.05) is 0 Å². The van der Waals surface area contributed by atoms with E-state index in [9.17, 15) is 18.0 Å². The van der Waals surface area contributed by atoms with Crippen LogP contribution in [0.3, 0.4) is 0 Å². The Morgan fingerprint density at radius 3 is 2.20 bits per heavy atom. The summed E-state index contributed by atoms with van der Waals surface area (Å²) in [5.74, 6) is -0.438. The second-order valence-corrected chi connectivity index (χ2v) is 6.24. The molecular formula is C11H4Cl2F3NOS2. The molecule has 0 saturated carbocycles.